The van der Waals surface area contributed by atoms with Crippen LogP contribution >= 0.6 is 40.7 Å². The van der Waals surface area contributed by atoms with Gasteiger partial charge in [-0.3, -0.25) is 15.0 Å². The minimum absolute atomic E-state index is 0. The smallest absolute Gasteiger partial charge is 0.271 e. The van der Waals surface area contributed by atoms with Gasteiger partial charge in [0, 0.05) is 49.9 Å². The van der Waals surface area contributed by atoms with Gasteiger partial charge in [0.2, 0.25) is 0 Å². The molecule has 1 heterocycles. The lowest BCUT2D eigenvalue weighted by molar-refractivity contribution is -0.385. The number of nitrogens with zero attached hydrogens (tertiary/aromatic N) is 2. The minimum Gasteiger partial charge on any atom is -0.506 e. The number of hydrogen-bond acceptors (Lipinski definition) is 5. The highest BCUT2D eigenvalue weighted by Gasteiger charge is 2.34. The summed E-state index contributed by atoms with van der Waals surface area (Å²) in [5.41, 5.74) is 0.732. The number of aromatic hydroxyl groups is 1. The second-order valence-electron chi connectivity index (χ2n) is 6.75. The molecular formula is C17H26BrCl2N3O3. The summed E-state index contributed by atoms with van der Waals surface area (Å²) < 4.78 is 0.405. The largest absolute Gasteiger partial charge is 0.506 e. The van der Waals surface area contributed by atoms with E-state index in [4.69, 9.17) is 0 Å². The zero-order valence-electron chi connectivity index (χ0n) is 14.5. The molecule has 26 heavy (non-hydrogen) atoms. The Hall–Kier alpha value is -0.600. The molecular weight excluding hydrogens is 445 g/mol. The summed E-state index contributed by atoms with van der Waals surface area (Å²) in [5.74, 6) is 0.589. The van der Waals surface area contributed by atoms with Crippen LogP contribution in [0.4, 0.5) is 5.69 Å². The molecule has 1 saturated heterocycles. The molecule has 1 aliphatic carbocycles. The van der Waals surface area contributed by atoms with Gasteiger partial charge in [0.1, 0.15) is 5.75 Å². The molecule has 2 fully saturated rings. The molecule has 148 valence electrons. The molecule has 3 rings (SSSR count). The predicted molar refractivity (Wildman–Crippen MR) is 111 cm³/mol. The van der Waals surface area contributed by atoms with Crippen molar-refractivity contribution in [2.45, 2.75) is 38.1 Å². The number of nitrogens with one attached hydrogen (secondary N) is 1. The highest BCUT2D eigenvalue weighted by Crippen LogP contribution is 2.45. The summed E-state index contributed by atoms with van der Waals surface area (Å²) >= 11 is 3.30. The zero-order valence-corrected chi connectivity index (χ0v) is 17.7. The number of piperazine rings is 1. The van der Waals surface area contributed by atoms with E-state index in [2.05, 4.69) is 26.1 Å². The summed E-state index contributed by atoms with van der Waals surface area (Å²) in [6.45, 7) is 3.64. The average Bonchev–Trinajstić information content (AvgIpc) is 2.60. The van der Waals surface area contributed by atoms with Gasteiger partial charge < -0.3 is 10.4 Å². The Bertz CT molecular complexity index is 591. The third-order valence-electron chi connectivity index (χ3n) is 5.25. The number of benzene rings is 1. The first kappa shape index (κ1) is 23.4. The molecule has 0 unspecified atom stereocenters. The van der Waals surface area contributed by atoms with Crippen molar-refractivity contribution in [3.05, 3.63) is 32.3 Å². The van der Waals surface area contributed by atoms with Crippen molar-refractivity contribution in [1.29, 1.82) is 0 Å². The summed E-state index contributed by atoms with van der Waals surface area (Å²) in [5, 5.41) is 25.3. The Morgan fingerprint density at radius 3 is 2.38 bits per heavy atom. The summed E-state index contributed by atoms with van der Waals surface area (Å²) in [7, 11) is 0. The van der Waals surface area contributed by atoms with Crippen molar-refractivity contribution in [3.8, 4) is 5.75 Å². The fourth-order valence-electron chi connectivity index (χ4n) is 4.10. The first-order valence-corrected chi connectivity index (χ1v) is 9.49. The van der Waals surface area contributed by atoms with E-state index in [0.29, 0.717) is 16.0 Å². The number of rotatable bonds is 4. The van der Waals surface area contributed by atoms with Crippen LogP contribution in [-0.4, -0.2) is 41.1 Å². The van der Waals surface area contributed by atoms with E-state index in [-0.39, 0.29) is 47.2 Å². The van der Waals surface area contributed by atoms with Gasteiger partial charge in [-0.25, -0.2) is 0 Å². The number of nitro benzene ring substituents is 1. The van der Waals surface area contributed by atoms with Crippen molar-refractivity contribution in [2.24, 2.45) is 5.92 Å². The molecule has 2 N–H and O–H groups in total. The van der Waals surface area contributed by atoms with E-state index in [1.54, 1.807) is 6.07 Å². The van der Waals surface area contributed by atoms with Crippen LogP contribution in [0.1, 0.15) is 43.7 Å². The normalized spacial score (nSPS) is 19.9. The van der Waals surface area contributed by atoms with Gasteiger partial charge in [0.05, 0.1) is 9.40 Å². The summed E-state index contributed by atoms with van der Waals surface area (Å²) in [4.78, 5) is 13.3. The number of halogens is 3. The molecule has 0 bridgehead atoms. The maximum atomic E-state index is 11.3. The SMILES string of the molecule is Cl.Cl.O=[N+]([O-])c1cc(Br)c(O)c([C@@H](C2CCCCC2)N2CCNCC2)c1. The first-order chi connectivity index (χ1) is 11.6. The standard InChI is InChI=1S/C17H24BrN3O3.2ClH/c18-15-11-13(21(23)24)10-14(17(15)22)16(12-4-2-1-3-5-12)20-8-6-19-7-9-20;;/h10-12,16,19,22H,1-9H2;2*1H/t16-;;/m1../s1. The van der Waals surface area contributed by atoms with E-state index in [0.717, 1.165) is 39.0 Å². The van der Waals surface area contributed by atoms with Crippen LogP contribution in [0.3, 0.4) is 0 Å². The molecule has 1 aromatic rings. The van der Waals surface area contributed by atoms with Crippen LogP contribution in [0.25, 0.3) is 0 Å². The van der Waals surface area contributed by atoms with Crippen LogP contribution in [0, 0.1) is 16.0 Å². The molecule has 0 aromatic heterocycles. The average molecular weight is 471 g/mol. The molecule has 1 saturated carbocycles. The van der Waals surface area contributed by atoms with Gasteiger partial charge >= 0.3 is 0 Å². The highest BCUT2D eigenvalue weighted by atomic mass is 79.9. The van der Waals surface area contributed by atoms with E-state index in [1.165, 1.54) is 25.3 Å². The van der Waals surface area contributed by atoms with E-state index >= 15 is 0 Å². The van der Waals surface area contributed by atoms with Crippen LogP contribution in [0.15, 0.2) is 16.6 Å². The maximum absolute atomic E-state index is 11.3. The van der Waals surface area contributed by atoms with Crippen molar-refractivity contribution in [2.75, 3.05) is 26.2 Å². The monoisotopic (exact) mass is 469 g/mol. The molecule has 0 amide bonds. The van der Waals surface area contributed by atoms with Gasteiger partial charge in [-0.05, 0) is 34.7 Å². The molecule has 1 aromatic carbocycles. The topological polar surface area (TPSA) is 78.6 Å². The third-order valence-corrected chi connectivity index (χ3v) is 5.85. The van der Waals surface area contributed by atoms with Crippen LogP contribution in [0.2, 0.25) is 0 Å². The lowest BCUT2D eigenvalue weighted by Crippen LogP contribution is -2.47. The second kappa shape index (κ2) is 10.7. The van der Waals surface area contributed by atoms with Crippen LogP contribution < -0.4 is 5.32 Å². The van der Waals surface area contributed by atoms with E-state index in [9.17, 15) is 15.2 Å². The molecule has 1 aliphatic heterocycles. The Labute approximate surface area is 174 Å². The molecule has 2 aliphatic rings. The van der Waals surface area contributed by atoms with E-state index < -0.39 is 0 Å². The van der Waals surface area contributed by atoms with Crippen LogP contribution in [-0.2, 0) is 0 Å². The molecule has 0 spiro atoms. The maximum Gasteiger partial charge on any atom is 0.271 e. The fourth-order valence-corrected chi connectivity index (χ4v) is 4.56. The van der Waals surface area contributed by atoms with Crippen molar-refractivity contribution < 1.29 is 10.0 Å². The highest BCUT2D eigenvalue weighted by molar-refractivity contribution is 9.10. The summed E-state index contributed by atoms with van der Waals surface area (Å²) in [6.07, 6.45) is 5.90. The Kier molecular flexibility index (Phi) is 9.61. The van der Waals surface area contributed by atoms with Gasteiger partial charge in [-0.15, -0.1) is 24.8 Å². The molecule has 6 nitrogen and oxygen atoms in total. The number of phenols is 1. The first-order valence-electron chi connectivity index (χ1n) is 8.69. The summed E-state index contributed by atoms with van der Waals surface area (Å²) in [6, 6.07) is 3.00. The van der Waals surface area contributed by atoms with Gasteiger partial charge in [-0.2, -0.15) is 0 Å². The minimum atomic E-state index is -0.386. The van der Waals surface area contributed by atoms with Gasteiger partial charge in [-0.1, -0.05) is 19.3 Å². The molecule has 1 atom stereocenters. The predicted octanol–water partition coefficient (Wildman–Crippen LogP) is 4.43. The molecule has 9 heteroatoms. The zero-order chi connectivity index (χ0) is 17.1. The Balaban J connectivity index is 0.00000169. The van der Waals surface area contributed by atoms with Crippen LogP contribution in [0.5, 0.6) is 5.75 Å². The van der Waals surface area contributed by atoms with Gasteiger partial charge in [0.25, 0.3) is 5.69 Å². The lowest BCUT2D eigenvalue weighted by Gasteiger charge is -2.41. The van der Waals surface area contributed by atoms with Crippen molar-refractivity contribution in [3.63, 3.8) is 0 Å². The fraction of sp³-hybridized carbons (Fsp3) is 0.647. The Morgan fingerprint density at radius 1 is 1.19 bits per heavy atom. The Morgan fingerprint density at radius 2 is 1.81 bits per heavy atom. The second-order valence-corrected chi connectivity index (χ2v) is 7.61. The van der Waals surface area contributed by atoms with E-state index in [1.807, 2.05) is 0 Å². The molecule has 0 radical (unpaired) electrons. The number of hydrogen-bond donors (Lipinski definition) is 2. The van der Waals surface area contributed by atoms with Crippen molar-refractivity contribution in [1.82, 2.24) is 10.2 Å². The third kappa shape index (κ3) is 5.23. The quantitative estimate of drug-likeness (QED) is 0.502. The lowest BCUT2D eigenvalue weighted by atomic mass is 9.79. The van der Waals surface area contributed by atoms with Crippen molar-refractivity contribution >= 4 is 46.4 Å². The number of phenolic OH excluding ortho intramolecular Hbond substituents is 1. The number of nitro groups is 1. The van der Waals surface area contributed by atoms with Gasteiger partial charge in [0.15, 0.2) is 0 Å². The number of non-ortho nitro benzene ring substituents is 1.